The number of nitrogens with zero attached hydrogens (tertiary/aromatic N) is 2. The minimum Gasteiger partial charge on any atom is -0.454 e. The minimum atomic E-state index is -2.93. The highest BCUT2D eigenvalue weighted by Gasteiger charge is 2.24. The highest BCUT2D eigenvalue weighted by Crippen LogP contribution is 2.27. The van der Waals surface area contributed by atoms with E-state index in [1.165, 1.54) is 11.3 Å². The number of carbonyl (C=O) groups excluding carboxylic acids is 1. The first kappa shape index (κ1) is 16.4. The molecule has 124 valence electrons. The van der Waals surface area contributed by atoms with Gasteiger partial charge in [-0.15, -0.1) is 11.3 Å². The van der Waals surface area contributed by atoms with Crippen LogP contribution in [0, 0.1) is 0 Å². The number of esters is 1. The van der Waals surface area contributed by atoms with Gasteiger partial charge in [0.15, 0.2) is 15.9 Å². The summed E-state index contributed by atoms with van der Waals surface area (Å²) in [6.45, 7) is 2.68. The number of fused-ring (bicyclic) bond motifs is 1. The predicted molar refractivity (Wildman–Crippen MR) is 89.2 cm³/mol. The molecular weight excluding hydrogens is 336 g/mol. The summed E-state index contributed by atoms with van der Waals surface area (Å²) in [6, 6.07) is 7.79. The molecular formula is C15H18N2O4S2. The summed E-state index contributed by atoms with van der Waals surface area (Å²) in [6.07, 6.45) is -0.409. The van der Waals surface area contributed by atoms with E-state index in [2.05, 4.69) is 4.98 Å². The standard InChI is InChI=1S/C15H18N2O4S2/c1-11(15-16-12-4-2-3-5-13(12)22-15)21-14(18)10-17-6-8-23(19,20)9-7-17/h2-5,11H,6-10H2,1H3/t11-/m0/s1. The molecule has 0 bridgehead atoms. The van der Waals surface area contributed by atoms with Crippen LogP contribution in [-0.2, 0) is 19.4 Å². The molecule has 0 saturated carbocycles. The monoisotopic (exact) mass is 354 g/mol. The first-order valence-electron chi connectivity index (χ1n) is 7.41. The Morgan fingerprint density at radius 1 is 1.35 bits per heavy atom. The van der Waals surface area contributed by atoms with E-state index in [9.17, 15) is 13.2 Å². The van der Waals surface area contributed by atoms with E-state index in [0.717, 1.165) is 15.2 Å². The number of thiazole rings is 1. The van der Waals surface area contributed by atoms with E-state index in [4.69, 9.17) is 4.74 Å². The molecule has 23 heavy (non-hydrogen) atoms. The Morgan fingerprint density at radius 2 is 2.04 bits per heavy atom. The van der Waals surface area contributed by atoms with Gasteiger partial charge in [0.2, 0.25) is 0 Å². The maximum atomic E-state index is 12.0. The molecule has 1 atom stereocenters. The summed E-state index contributed by atoms with van der Waals surface area (Å²) < 4.78 is 29.3. The van der Waals surface area contributed by atoms with Crippen LogP contribution in [0.25, 0.3) is 10.2 Å². The van der Waals surface area contributed by atoms with Gasteiger partial charge >= 0.3 is 5.97 Å². The van der Waals surface area contributed by atoms with E-state index in [-0.39, 0.29) is 24.0 Å². The zero-order valence-electron chi connectivity index (χ0n) is 12.8. The van der Waals surface area contributed by atoms with Crippen LogP contribution in [0.1, 0.15) is 18.0 Å². The van der Waals surface area contributed by atoms with Gasteiger partial charge in [0, 0.05) is 13.1 Å². The molecule has 8 heteroatoms. The Bertz CT molecular complexity index is 769. The van der Waals surface area contributed by atoms with Crippen molar-refractivity contribution in [1.82, 2.24) is 9.88 Å². The summed E-state index contributed by atoms with van der Waals surface area (Å²) in [5.74, 6) is -0.141. The van der Waals surface area contributed by atoms with Gasteiger partial charge in [0.05, 0.1) is 28.3 Å². The molecule has 1 saturated heterocycles. The second-order valence-corrected chi connectivity index (χ2v) is 8.95. The quantitative estimate of drug-likeness (QED) is 0.777. The van der Waals surface area contributed by atoms with Gasteiger partial charge in [-0.2, -0.15) is 0 Å². The third-order valence-electron chi connectivity index (χ3n) is 3.76. The smallest absolute Gasteiger partial charge is 0.320 e. The molecule has 1 aromatic carbocycles. The molecule has 2 aromatic rings. The average molecular weight is 354 g/mol. The Balaban J connectivity index is 1.57. The number of carbonyl (C=O) groups is 1. The number of rotatable bonds is 4. The van der Waals surface area contributed by atoms with Crippen molar-refractivity contribution >= 4 is 37.4 Å². The van der Waals surface area contributed by atoms with Crippen LogP contribution >= 0.6 is 11.3 Å². The molecule has 0 radical (unpaired) electrons. The zero-order valence-corrected chi connectivity index (χ0v) is 14.4. The molecule has 0 amide bonds. The molecule has 3 rings (SSSR count). The molecule has 1 aliphatic heterocycles. The molecule has 0 aliphatic carbocycles. The van der Waals surface area contributed by atoms with E-state index < -0.39 is 15.9 Å². The van der Waals surface area contributed by atoms with E-state index in [1.807, 2.05) is 29.2 Å². The maximum Gasteiger partial charge on any atom is 0.320 e. The fourth-order valence-corrected chi connectivity index (χ4v) is 4.66. The number of hydrogen-bond acceptors (Lipinski definition) is 7. The van der Waals surface area contributed by atoms with Crippen molar-refractivity contribution in [2.75, 3.05) is 31.1 Å². The second kappa shape index (κ2) is 6.54. The van der Waals surface area contributed by atoms with Crippen LogP contribution in [0.4, 0.5) is 0 Å². The lowest BCUT2D eigenvalue weighted by atomic mass is 10.3. The molecule has 1 fully saturated rings. The molecule has 6 nitrogen and oxygen atoms in total. The van der Waals surface area contributed by atoms with Crippen LogP contribution in [0.3, 0.4) is 0 Å². The third kappa shape index (κ3) is 4.07. The molecule has 0 unspecified atom stereocenters. The summed E-state index contributed by atoms with van der Waals surface area (Å²) >= 11 is 1.51. The number of benzene rings is 1. The first-order valence-corrected chi connectivity index (χ1v) is 10.0. The fourth-order valence-electron chi connectivity index (χ4n) is 2.44. The van der Waals surface area contributed by atoms with E-state index >= 15 is 0 Å². The van der Waals surface area contributed by atoms with Gasteiger partial charge in [-0.3, -0.25) is 9.69 Å². The number of ether oxygens (including phenoxy) is 1. The highest BCUT2D eigenvalue weighted by molar-refractivity contribution is 7.91. The largest absolute Gasteiger partial charge is 0.454 e. The summed E-state index contributed by atoms with van der Waals surface area (Å²) in [4.78, 5) is 18.3. The van der Waals surface area contributed by atoms with Crippen LogP contribution in [-0.4, -0.2) is 55.4 Å². The molecule has 2 heterocycles. The lowest BCUT2D eigenvalue weighted by Gasteiger charge is -2.25. The fraction of sp³-hybridized carbons (Fsp3) is 0.467. The van der Waals surface area contributed by atoms with Crippen molar-refractivity contribution in [3.8, 4) is 0 Å². The molecule has 0 spiro atoms. The third-order valence-corrected chi connectivity index (χ3v) is 6.56. The number of hydrogen-bond donors (Lipinski definition) is 0. The topological polar surface area (TPSA) is 76.6 Å². The minimum absolute atomic E-state index is 0.105. The molecule has 0 N–H and O–H groups in total. The van der Waals surface area contributed by atoms with Crippen LogP contribution in [0.5, 0.6) is 0 Å². The van der Waals surface area contributed by atoms with Crippen LogP contribution < -0.4 is 0 Å². The van der Waals surface area contributed by atoms with E-state index in [1.54, 1.807) is 6.92 Å². The van der Waals surface area contributed by atoms with Crippen molar-refractivity contribution in [1.29, 1.82) is 0 Å². The normalized spacial score (nSPS) is 19.5. The van der Waals surface area contributed by atoms with Gasteiger partial charge in [-0.05, 0) is 19.1 Å². The van der Waals surface area contributed by atoms with Gasteiger partial charge < -0.3 is 4.74 Å². The Labute approximate surface area is 139 Å². The summed E-state index contributed by atoms with van der Waals surface area (Å²) in [5, 5.41) is 0.765. The Morgan fingerprint density at radius 3 is 2.74 bits per heavy atom. The van der Waals surface area contributed by atoms with Crippen molar-refractivity contribution in [2.45, 2.75) is 13.0 Å². The van der Waals surface area contributed by atoms with Crippen molar-refractivity contribution in [3.05, 3.63) is 29.3 Å². The second-order valence-electron chi connectivity index (χ2n) is 5.58. The maximum absolute atomic E-state index is 12.0. The molecule has 1 aromatic heterocycles. The number of sulfone groups is 1. The van der Waals surface area contributed by atoms with Crippen molar-refractivity contribution in [2.24, 2.45) is 0 Å². The van der Waals surface area contributed by atoms with Gasteiger partial charge in [0.1, 0.15) is 5.01 Å². The lowest BCUT2D eigenvalue weighted by molar-refractivity contribution is -0.149. The van der Waals surface area contributed by atoms with Crippen molar-refractivity contribution in [3.63, 3.8) is 0 Å². The van der Waals surface area contributed by atoms with Gasteiger partial charge in [-0.25, -0.2) is 13.4 Å². The lowest BCUT2D eigenvalue weighted by Crippen LogP contribution is -2.43. The van der Waals surface area contributed by atoms with Crippen LogP contribution in [0.15, 0.2) is 24.3 Å². The first-order chi connectivity index (χ1) is 10.9. The van der Waals surface area contributed by atoms with Crippen LogP contribution in [0.2, 0.25) is 0 Å². The zero-order chi connectivity index (χ0) is 16.4. The predicted octanol–water partition coefficient (Wildman–Crippen LogP) is 1.63. The average Bonchev–Trinajstić information content (AvgIpc) is 2.93. The number of aromatic nitrogens is 1. The Kier molecular flexibility index (Phi) is 4.65. The summed E-state index contributed by atoms with van der Waals surface area (Å²) in [7, 11) is -2.93. The SMILES string of the molecule is C[C@H](OC(=O)CN1CCS(=O)(=O)CC1)c1nc2ccccc2s1. The molecule has 1 aliphatic rings. The highest BCUT2D eigenvalue weighted by atomic mass is 32.2. The van der Waals surface area contributed by atoms with Gasteiger partial charge in [0.25, 0.3) is 0 Å². The summed E-state index contributed by atoms with van der Waals surface area (Å²) in [5.41, 5.74) is 0.900. The van der Waals surface area contributed by atoms with E-state index in [0.29, 0.717) is 13.1 Å². The van der Waals surface area contributed by atoms with Crippen molar-refractivity contribution < 1.29 is 17.9 Å². The van der Waals surface area contributed by atoms with Gasteiger partial charge in [-0.1, -0.05) is 12.1 Å². The number of para-hydroxylation sites is 1. The Hall–Kier alpha value is -1.51.